The number of carbonyl (C=O) groups is 2. The Morgan fingerprint density at radius 2 is 2.20 bits per heavy atom. The first kappa shape index (κ1) is 17.1. The number of nitrogens with zero attached hydrogens (tertiary/aromatic N) is 1. The molecule has 1 unspecified atom stereocenters. The Labute approximate surface area is 123 Å². The van der Waals surface area contributed by atoms with E-state index in [1.54, 1.807) is 23.8 Å². The van der Waals surface area contributed by atoms with Crippen LogP contribution in [0.2, 0.25) is 0 Å². The predicted molar refractivity (Wildman–Crippen MR) is 76.2 cm³/mol. The van der Waals surface area contributed by atoms with Gasteiger partial charge in [0, 0.05) is 31.7 Å². The molecule has 1 rings (SSSR count). The first-order chi connectivity index (χ1) is 9.65. The summed E-state index contributed by atoms with van der Waals surface area (Å²) in [6.07, 6.45) is -0.00917. The molecule has 1 heterocycles. The number of rotatable bonds is 8. The van der Waals surface area contributed by atoms with Gasteiger partial charge in [-0.1, -0.05) is 0 Å². The summed E-state index contributed by atoms with van der Waals surface area (Å²) in [5.41, 5.74) is 0. The normalized spacial score (nSPS) is 18.9. The second-order valence-corrected chi connectivity index (χ2v) is 5.51. The second kappa shape index (κ2) is 9.84. The van der Waals surface area contributed by atoms with E-state index in [0.717, 1.165) is 5.75 Å². The van der Waals surface area contributed by atoms with Gasteiger partial charge in [-0.3, -0.25) is 4.79 Å². The highest BCUT2D eigenvalue weighted by Crippen LogP contribution is 2.18. The van der Waals surface area contributed by atoms with Crippen LogP contribution in [0.4, 0.5) is 4.79 Å². The summed E-state index contributed by atoms with van der Waals surface area (Å²) < 4.78 is 10.1. The van der Waals surface area contributed by atoms with Crippen LogP contribution < -0.4 is 5.32 Å². The molecule has 0 radical (unpaired) electrons. The van der Waals surface area contributed by atoms with Crippen molar-refractivity contribution in [3.8, 4) is 0 Å². The monoisotopic (exact) mass is 306 g/mol. The molecule has 8 heteroatoms. The molecule has 0 aliphatic carbocycles. The molecular formula is C12H22N2O5S. The van der Waals surface area contributed by atoms with Crippen molar-refractivity contribution in [1.29, 1.82) is 0 Å². The number of ether oxygens (including phenoxy) is 2. The van der Waals surface area contributed by atoms with Crippen molar-refractivity contribution in [3.63, 3.8) is 0 Å². The fourth-order valence-corrected chi connectivity index (χ4v) is 2.93. The average Bonchev–Trinajstić information content (AvgIpc) is 2.42. The number of carboxylic acid groups (broad SMARTS) is 1. The molecule has 0 spiro atoms. The van der Waals surface area contributed by atoms with E-state index in [4.69, 9.17) is 14.6 Å². The van der Waals surface area contributed by atoms with Crippen LogP contribution in [-0.2, 0) is 14.3 Å². The predicted octanol–water partition coefficient (Wildman–Crippen LogP) is 0.251. The highest BCUT2D eigenvalue weighted by Gasteiger charge is 2.28. The van der Waals surface area contributed by atoms with E-state index in [1.165, 1.54) is 0 Å². The van der Waals surface area contributed by atoms with Crippen molar-refractivity contribution in [2.45, 2.75) is 12.5 Å². The molecule has 0 aromatic heterocycles. The van der Waals surface area contributed by atoms with Crippen LogP contribution in [0.5, 0.6) is 0 Å². The van der Waals surface area contributed by atoms with Gasteiger partial charge in [0.15, 0.2) is 0 Å². The van der Waals surface area contributed by atoms with Crippen LogP contribution in [0.3, 0.4) is 0 Å². The summed E-state index contributed by atoms with van der Waals surface area (Å²) in [6, 6.07) is -0.451. The van der Waals surface area contributed by atoms with E-state index in [9.17, 15) is 9.59 Å². The van der Waals surface area contributed by atoms with Crippen molar-refractivity contribution in [2.24, 2.45) is 0 Å². The van der Waals surface area contributed by atoms with Crippen LogP contribution in [0.1, 0.15) is 6.42 Å². The SMILES string of the molecule is COCCOCCNC(=O)N1CCSCC1CC(=O)O. The minimum Gasteiger partial charge on any atom is -0.481 e. The Morgan fingerprint density at radius 1 is 1.40 bits per heavy atom. The number of carboxylic acids is 1. The number of thioether (sulfide) groups is 1. The maximum atomic E-state index is 12.0. The van der Waals surface area contributed by atoms with Gasteiger partial charge in [-0.25, -0.2) is 4.79 Å². The molecule has 0 aromatic rings. The van der Waals surface area contributed by atoms with Gasteiger partial charge in [-0.15, -0.1) is 0 Å². The molecule has 116 valence electrons. The van der Waals surface area contributed by atoms with Gasteiger partial charge in [0.1, 0.15) is 0 Å². The maximum Gasteiger partial charge on any atom is 0.317 e. The summed E-state index contributed by atoms with van der Waals surface area (Å²) in [6.45, 7) is 2.43. The fourth-order valence-electron chi connectivity index (χ4n) is 1.87. The van der Waals surface area contributed by atoms with Gasteiger partial charge >= 0.3 is 12.0 Å². The molecule has 1 aliphatic rings. The summed E-state index contributed by atoms with van der Waals surface area (Å²) in [7, 11) is 1.60. The zero-order valence-electron chi connectivity index (χ0n) is 11.7. The molecule has 20 heavy (non-hydrogen) atoms. The van der Waals surface area contributed by atoms with Crippen LogP contribution in [0.25, 0.3) is 0 Å². The number of hydrogen-bond acceptors (Lipinski definition) is 5. The Morgan fingerprint density at radius 3 is 2.90 bits per heavy atom. The zero-order chi connectivity index (χ0) is 14.8. The van der Waals surface area contributed by atoms with Crippen LogP contribution >= 0.6 is 11.8 Å². The minimum absolute atomic E-state index is 0.00917. The van der Waals surface area contributed by atoms with E-state index in [2.05, 4.69) is 5.32 Å². The lowest BCUT2D eigenvalue weighted by molar-refractivity contribution is -0.138. The molecule has 0 saturated carbocycles. The Balaban J connectivity index is 2.26. The lowest BCUT2D eigenvalue weighted by atomic mass is 10.2. The van der Waals surface area contributed by atoms with E-state index in [-0.39, 0.29) is 18.5 Å². The number of amides is 2. The first-order valence-corrected chi connectivity index (χ1v) is 7.71. The van der Waals surface area contributed by atoms with Gasteiger partial charge in [0.2, 0.25) is 0 Å². The van der Waals surface area contributed by atoms with Crippen molar-refractivity contribution >= 4 is 23.8 Å². The van der Waals surface area contributed by atoms with E-state index < -0.39 is 5.97 Å². The van der Waals surface area contributed by atoms with Gasteiger partial charge in [0.25, 0.3) is 0 Å². The third-order valence-electron chi connectivity index (χ3n) is 2.85. The lowest BCUT2D eigenvalue weighted by Gasteiger charge is -2.34. The van der Waals surface area contributed by atoms with Crippen molar-refractivity contribution in [3.05, 3.63) is 0 Å². The van der Waals surface area contributed by atoms with Crippen molar-refractivity contribution < 1.29 is 24.2 Å². The zero-order valence-corrected chi connectivity index (χ0v) is 12.5. The molecule has 2 N–H and O–H groups in total. The number of methoxy groups -OCH3 is 1. The highest BCUT2D eigenvalue weighted by molar-refractivity contribution is 7.99. The summed E-state index contributed by atoms with van der Waals surface area (Å²) in [5, 5.41) is 11.6. The van der Waals surface area contributed by atoms with E-state index in [1.807, 2.05) is 0 Å². The average molecular weight is 306 g/mol. The Kier molecular flexibility index (Phi) is 8.40. The Bertz CT molecular complexity index is 316. The number of aliphatic carboxylic acids is 1. The topological polar surface area (TPSA) is 88.1 Å². The fraction of sp³-hybridized carbons (Fsp3) is 0.833. The molecule has 0 bridgehead atoms. The number of nitrogens with one attached hydrogen (secondary N) is 1. The molecule has 2 amide bonds. The summed E-state index contributed by atoms with van der Waals surface area (Å²) >= 11 is 1.68. The molecule has 1 saturated heterocycles. The Hall–Kier alpha value is -0.990. The third kappa shape index (κ3) is 6.44. The van der Waals surface area contributed by atoms with Crippen LogP contribution in [0.15, 0.2) is 0 Å². The molecule has 0 aromatic carbocycles. The third-order valence-corrected chi connectivity index (χ3v) is 3.94. The van der Waals surface area contributed by atoms with Gasteiger partial charge in [0.05, 0.1) is 32.3 Å². The molecular weight excluding hydrogens is 284 g/mol. The number of urea groups is 1. The van der Waals surface area contributed by atoms with Gasteiger partial charge in [-0.05, 0) is 0 Å². The first-order valence-electron chi connectivity index (χ1n) is 6.56. The van der Waals surface area contributed by atoms with Crippen molar-refractivity contribution in [1.82, 2.24) is 10.2 Å². The van der Waals surface area contributed by atoms with Crippen LogP contribution in [0, 0.1) is 0 Å². The minimum atomic E-state index is -0.877. The van der Waals surface area contributed by atoms with Crippen molar-refractivity contribution in [2.75, 3.05) is 51.5 Å². The number of carbonyl (C=O) groups excluding carboxylic acids is 1. The summed E-state index contributed by atoms with van der Waals surface area (Å²) in [4.78, 5) is 24.4. The second-order valence-electron chi connectivity index (χ2n) is 4.36. The standard InChI is InChI=1S/C12H22N2O5S/c1-18-5-6-19-4-2-13-12(17)14-3-7-20-9-10(14)8-11(15)16/h10H,2-9H2,1H3,(H,13,17)(H,15,16). The molecule has 1 aliphatic heterocycles. The quantitative estimate of drug-likeness (QED) is 0.625. The van der Waals surface area contributed by atoms with Gasteiger partial charge < -0.3 is 24.8 Å². The molecule has 1 fully saturated rings. The largest absolute Gasteiger partial charge is 0.481 e. The van der Waals surface area contributed by atoms with Crippen LogP contribution in [-0.4, -0.2) is 79.6 Å². The maximum absolute atomic E-state index is 12.0. The van der Waals surface area contributed by atoms with E-state index in [0.29, 0.717) is 38.7 Å². The molecule has 1 atom stereocenters. The summed E-state index contributed by atoms with van der Waals surface area (Å²) in [5.74, 6) is 0.635. The lowest BCUT2D eigenvalue weighted by Crippen LogP contribution is -2.51. The highest BCUT2D eigenvalue weighted by atomic mass is 32.2. The van der Waals surface area contributed by atoms with E-state index >= 15 is 0 Å². The van der Waals surface area contributed by atoms with Gasteiger partial charge in [-0.2, -0.15) is 11.8 Å². The number of hydrogen-bond donors (Lipinski definition) is 2. The molecule has 7 nitrogen and oxygen atoms in total. The smallest absolute Gasteiger partial charge is 0.317 e.